The van der Waals surface area contributed by atoms with Crippen LogP contribution in [-0.2, 0) is 6.18 Å². The van der Waals surface area contributed by atoms with Crippen molar-refractivity contribution in [3.8, 4) is 22.9 Å². The summed E-state index contributed by atoms with van der Waals surface area (Å²) in [5, 5.41) is 12.1. The van der Waals surface area contributed by atoms with Gasteiger partial charge in [0.05, 0.1) is 35.1 Å². The third kappa shape index (κ3) is 3.37. The van der Waals surface area contributed by atoms with Crippen LogP contribution in [0.15, 0.2) is 60.9 Å². The Morgan fingerprint density at radius 3 is 2.61 bits per heavy atom. The molecule has 0 aliphatic carbocycles. The number of aromatic nitrogens is 1. The van der Waals surface area contributed by atoms with Gasteiger partial charge in [-0.1, -0.05) is 24.3 Å². The molecule has 0 fully saturated rings. The number of rotatable bonds is 2. The topological polar surface area (TPSA) is 57.9 Å². The molecule has 1 unspecified atom stereocenters. The van der Waals surface area contributed by atoms with Gasteiger partial charge in [0.25, 0.3) is 0 Å². The summed E-state index contributed by atoms with van der Waals surface area (Å²) in [6.45, 7) is 0.182. The molecule has 1 aromatic heterocycles. The van der Waals surface area contributed by atoms with E-state index in [4.69, 9.17) is 10.00 Å². The second-order valence-electron chi connectivity index (χ2n) is 6.38. The smallest absolute Gasteiger partial charge is 0.416 e. The number of nitriles is 1. The maximum atomic E-state index is 13.0. The number of nitrogens with zero attached hydrogens (tertiary/aromatic N) is 2. The summed E-state index contributed by atoms with van der Waals surface area (Å²) < 4.78 is 44.9. The first-order valence-corrected chi connectivity index (χ1v) is 8.51. The lowest BCUT2D eigenvalue weighted by Crippen LogP contribution is -2.24. The van der Waals surface area contributed by atoms with E-state index >= 15 is 0 Å². The van der Waals surface area contributed by atoms with Crippen LogP contribution in [0.2, 0.25) is 0 Å². The first-order chi connectivity index (χ1) is 13.5. The van der Waals surface area contributed by atoms with Gasteiger partial charge >= 0.3 is 6.18 Å². The number of halogens is 3. The molecule has 0 bridgehead atoms. The average Bonchev–Trinajstić information content (AvgIpc) is 2.72. The van der Waals surface area contributed by atoms with E-state index < -0.39 is 17.8 Å². The second kappa shape index (κ2) is 6.89. The number of nitrogens with one attached hydrogen (secondary N) is 1. The number of fused-ring (bicyclic) bond motifs is 1. The highest BCUT2D eigenvalue weighted by molar-refractivity contribution is 5.78. The molecule has 0 saturated carbocycles. The monoisotopic (exact) mass is 381 g/mol. The van der Waals surface area contributed by atoms with Gasteiger partial charge in [0.1, 0.15) is 6.61 Å². The Hall–Kier alpha value is -3.53. The lowest BCUT2D eigenvalue weighted by Gasteiger charge is -2.29. The molecule has 0 radical (unpaired) electrons. The summed E-state index contributed by atoms with van der Waals surface area (Å²) in [5.41, 5.74) is 2.53. The highest BCUT2D eigenvalue weighted by Crippen LogP contribution is 2.41. The zero-order valence-corrected chi connectivity index (χ0v) is 14.5. The van der Waals surface area contributed by atoms with Crippen molar-refractivity contribution in [1.82, 2.24) is 4.98 Å². The van der Waals surface area contributed by atoms with Crippen molar-refractivity contribution in [3.05, 3.63) is 77.6 Å². The fraction of sp³-hybridized carbons (Fsp3) is 0.143. The first-order valence-electron chi connectivity index (χ1n) is 8.51. The lowest BCUT2D eigenvalue weighted by atomic mass is 10.0. The molecule has 7 heteroatoms. The van der Waals surface area contributed by atoms with Crippen LogP contribution in [-0.4, -0.2) is 11.6 Å². The molecule has 4 nitrogen and oxygen atoms in total. The van der Waals surface area contributed by atoms with E-state index in [9.17, 15) is 13.2 Å². The number of hydrogen-bond acceptors (Lipinski definition) is 4. The number of anilines is 1. The van der Waals surface area contributed by atoms with Crippen LogP contribution in [0.3, 0.4) is 0 Å². The van der Waals surface area contributed by atoms with Crippen LogP contribution >= 0.6 is 0 Å². The van der Waals surface area contributed by atoms with Gasteiger partial charge in [-0.2, -0.15) is 18.4 Å². The first kappa shape index (κ1) is 17.9. The van der Waals surface area contributed by atoms with Gasteiger partial charge in [-0.3, -0.25) is 4.98 Å². The van der Waals surface area contributed by atoms with Gasteiger partial charge in [-0.05, 0) is 35.4 Å². The molecule has 28 heavy (non-hydrogen) atoms. The van der Waals surface area contributed by atoms with Crippen molar-refractivity contribution in [2.75, 3.05) is 11.9 Å². The third-order valence-electron chi connectivity index (χ3n) is 4.56. The second-order valence-corrected chi connectivity index (χ2v) is 6.38. The molecule has 4 rings (SSSR count). The molecular weight excluding hydrogens is 367 g/mol. The van der Waals surface area contributed by atoms with Gasteiger partial charge in [0.15, 0.2) is 5.75 Å². The van der Waals surface area contributed by atoms with Crippen molar-refractivity contribution >= 4 is 5.69 Å². The van der Waals surface area contributed by atoms with Crippen LogP contribution in [0.25, 0.3) is 11.1 Å². The fourth-order valence-electron chi connectivity index (χ4n) is 3.14. The quantitative estimate of drug-likeness (QED) is 0.664. The minimum atomic E-state index is -4.40. The maximum absolute atomic E-state index is 13.0. The van der Waals surface area contributed by atoms with Crippen molar-refractivity contribution < 1.29 is 17.9 Å². The molecular formula is C21H14F3N3O. The van der Waals surface area contributed by atoms with E-state index in [1.165, 1.54) is 6.07 Å². The Morgan fingerprint density at radius 2 is 1.89 bits per heavy atom. The minimum absolute atomic E-state index is 0.182. The van der Waals surface area contributed by atoms with Crippen molar-refractivity contribution in [2.45, 2.75) is 12.2 Å². The molecule has 2 aromatic carbocycles. The Balaban J connectivity index is 1.64. The van der Waals surface area contributed by atoms with Gasteiger partial charge in [-0.25, -0.2) is 0 Å². The molecule has 1 atom stereocenters. The van der Waals surface area contributed by atoms with Gasteiger partial charge in [0, 0.05) is 11.8 Å². The van der Waals surface area contributed by atoms with Gasteiger partial charge in [0.2, 0.25) is 0 Å². The normalized spacial score (nSPS) is 15.7. The average molecular weight is 381 g/mol. The van der Waals surface area contributed by atoms with Gasteiger partial charge in [-0.15, -0.1) is 0 Å². The third-order valence-corrected chi connectivity index (χ3v) is 4.56. The Bertz CT molecular complexity index is 1060. The minimum Gasteiger partial charge on any atom is -0.488 e. The highest BCUT2D eigenvalue weighted by atomic mass is 19.4. The number of alkyl halides is 3. The Morgan fingerprint density at radius 1 is 1.11 bits per heavy atom. The molecule has 1 aliphatic rings. The summed E-state index contributed by atoms with van der Waals surface area (Å²) in [7, 11) is 0. The molecule has 0 spiro atoms. The zero-order chi connectivity index (χ0) is 19.7. The molecule has 1 N–H and O–H groups in total. The number of ether oxygens (including phenoxy) is 1. The summed E-state index contributed by atoms with van der Waals surface area (Å²) >= 11 is 0. The summed E-state index contributed by atoms with van der Waals surface area (Å²) in [4.78, 5) is 4.21. The molecule has 1 aliphatic heterocycles. The van der Waals surface area contributed by atoms with Crippen molar-refractivity contribution in [2.24, 2.45) is 0 Å². The van der Waals surface area contributed by atoms with E-state index in [0.29, 0.717) is 22.6 Å². The summed E-state index contributed by atoms with van der Waals surface area (Å²) in [6, 6.07) is 13.9. The van der Waals surface area contributed by atoms with E-state index in [1.807, 2.05) is 0 Å². The van der Waals surface area contributed by atoms with Crippen LogP contribution < -0.4 is 10.1 Å². The van der Waals surface area contributed by atoms with E-state index in [2.05, 4.69) is 16.4 Å². The molecule has 3 aromatic rings. The molecule has 140 valence electrons. The maximum Gasteiger partial charge on any atom is 0.416 e. The number of benzene rings is 2. The van der Waals surface area contributed by atoms with Gasteiger partial charge < -0.3 is 10.1 Å². The Labute approximate surface area is 159 Å². The predicted octanol–water partition coefficient (Wildman–Crippen LogP) is 5.18. The summed E-state index contributed by atoms with van der Waals surface area (Å²) in [6.07, 6.45) is -1.15. The SMILES string of the molecule is N#Cc1ccc(-c2cncc3c2OCC(c2cccc(C(F)(F)F)c2)N3)cc1. The van der Waals surface area contributed by atoms with Crippen LogP contribution in [0.5, 0.6) is 5.75 Å². The predicted molar refractivity (Wildman–Crippen MR) is 97.7 cm³/mol. The fourth-order valence-corrected chi connectivity index (χ4v) is 3.14. The standard InChI is InChI=1S/C21H14F3N3O/c22-21(23,24)16-3-1-2-15(8-16)19-12-28-20-17(10-26-11-18(20)27-19)14-6-4-13(9-25)5-7-14/h1-8,10-11,19,27H,12H2. The van der Waals surface area contributed by atoms with E-state index in [-0.39, 0.29) is 6.61 Å². The van der Waals surface area contributed by atoms with Crippen LogP contribution in [0, 0.1) is 11.3 Å². The van der Waals surface area contributed by atoms with Crippen molar-refractivity contribution in [1.29, 1.82) is 5.26 Å². The Kier molecular flexibility index (Phi) is 4.40. The van der Waals surface area contributed by atoms with Crippen LogP contribution in [0.1, 0.15) is 22.7 Å². The highest BCUT2D eigenvalue weighted by Gasteiger charge is 2.32. The lowest BCUT2D eigenvalue weighted by molar-refractivity contribution is -0.137. The zero-order valence-electron chi connectivity index (χ0n) is 14.5. The number of hydrogen-bond donors (Lipinski definition) is 1. The molecule has 0 saturated heterocycles. The summed E-state index contributed by atoms with van der Waals surface area (Å²) in [5.74, 6) is 0.586. The largest absolute Gasteiger partial charge is 0.488 e. The van der Waals surface area contributed by atoms with E-state index in [0.717, 1.165) is 23.3 Å². The molecule has 2 heterocycles. The van der Waals surface area contributed by atoms with E-state index in [1.54, 1.807) is 42.7 Å². The van der Waals surface area contributed by atoms with Crippen molar-refractivity contribution in [3.63, 3.8) is 0 Å². The molecule has 0 amide bonds. The van der Waals surface area contributed by atoms with Crippen LogP contribution in [0.4, 0.5) is 18.9 Å². The number of pyridine rings is 1.